The van der Waals surface area contributed by atoms with Gasteiger partial charge in [0.15, 0.2) is 0 Å². The molecule has 19 heavy (non-hydrogen) atoms. The average molecular weight is 295 g/mol. The molecule has 0 aliphatic heterocycles. The van der Waals surface area contributed by atoms with Crippen molar-refractivity contribution >= 4 is 0 Å². The highest BCUT2D eigenvalue weighted by atomic mass is 35.5. The Bertz CT molecular complexity index is 199. The quantitative estimate of drug-likeness (QED) is 0.234. The van der Waals surface area contributed by atoms with Gasteiger partial charge >= 0.3 is 0 Å². The van der Waals surface area contributed by atoms with Gasteiger partial charge in [-0.15, -0.1) is 6.58 Å². The summed E-state index contributed by atoms with van der Waals surface area (Å²) in [5.41, 5.74) is 4.23. The largest absolute Gasteiger partial charge is 1.00 e. The van der Waals surface area contributed by atoms with E-state index in [1.54, 1.807) is 0 Å². The molecular formula is C15H35ClN2O. The van der Waals surface area contributed by atoms with Crippen molar-refractivity contribution in [2.75, 3.05) is 27.7 Å². The molecule has 1 N–H and O–H groups in total. The number of nitrogens with zero attached hydrogens (tertiary/aromatic N) is 1. The van der Waals surface area contributed by atoms with Gasteiger partial charge in [-0.25, -0.2) is 4.84 Å². The predicted molar refractivity (Wildman–Crippen MR) is 81.2 cm³/mol. The van der Waals surface area contributed by atoms with Crippen molar-refractivity contribution in [1.29, 1.82) is 0 Å². The maximum absolute atomic E-state index is 5.62. The summed E-state index contributed by atoms with van der Waals surface area (Å²) in [4.78, 5) is 5.62. The minimum Gasteiger partial charge on any atom is -1.00 e. The molecule has 0 aromatic carbocycles. The van der Waals surface area contributed by atoms with E-state index in [2.05, 4.69) is 47.0 Å². The molecule has 0 saturated heterocycles. The van der Waals surface area contributed by atoms with Gasteiger partial charge in [-0.2, -0.15) is 5.48 Å². The summed E-state index contributed by atoms with van der Waals surface area (Å²) in [5, 5.41) is 0. The third-order valence-corrected chi connectivity index (χ3v) is 2.31. The standard InChI is InChI=1S/C11H27N2O.C4H8.ClH/c1-6-8-9-10-12-14-11(7-2)13(3,4)5;1-4(2)3;/h11-12H,6-10H2,1-5H3;1H2,2-3H3;1H/q+1;;/p-1. The normalized spacial score (nSPS) is 11.9. The highest BCUT2D eigenvalue weighted by Gasteiger charge is 2.22. The van der Waals surface area contributed by atoms with Gasteiger partial charge in [-0.3, -0.25) is 0 Å². The van der Waals surface area contributed by atoms with Crippen molar-refractivity contribution in [2.24, 2.45) is 0 Å². The van der Waals surface area contributed by atoms with Gasteiger partial charge in [0.1, 0.15) is 0 Å². The first-order chi connectivity index (χ1) is 8.25. The molecule has 0 aliphatic carbocycles. The topological polar surface area (TPSA) is 21.3 Å². The minimum absolute atomic E-state index is 0. The van der Waals surface area contributed by atoms with Crippen molar-refractivity contribution in [1.82, 2.24) is 5.48 Å². The van der Waals surface area contributed by atoms with Gasteiger partial charge in [0.05, 0.1) is 21.1 Å². The van der Waals surface area contributed by atoms with E-state index in [1.165, 1.54) is 24.8 Å². The number of quaternary nitrogens is 1. The van der Waals surface area contributed by atoms with Crippen LogP contribution in [0.25, 0.3) is 0 Å². The molecule has 1 unspecified atom stereocenters. The highest BCUT2D eigenvalue weighted by Crippen LogP contribution is 2.07. The van der Waals surface area contributed by atoms with Crippen LogP contribution in [0.5, 0.6) is 0 Å². The summed E-state index contributed by atoms with van der Waals surface area (Å²) in [6.07, 6.45) is 5.01. The molecule has 0 fully saturated rings. The molecule has 0 aliphatic rings. The second-order valence-corrected chi connectivity index (χ2v) is 5.91. The molecule has 1 atom stereocenters. The van der Waals surface area contributed by atoms with Crippen molar-refractivity contribution < 1.29 is 21.7 Å². The Balaban J connectivity index is -0.000000448. The lowest BCUT2D eigenvalue weighted by atomic mass is 10.3. The number of hydrogen-bond donors (Lipinski definition) is 1. The molecule has 0 radical (unpaired) electrons. The Hall–Kier alpha value is -0.0900. The predicted octanol–water partition coefficient (Wildman–Crippen LogP) is 0.727. The van der Waals surface area contributed by atoms with Crippen molar-refractivity contribution in [3.8, 4) is 0 Å². The van der Waals surface area contributed by atoms with Crippen LogP contribution >= 0.6 is 0 Å². The molecule has 0 aromatic rings. The lowest BCUT2D eigenvalue weighted by Crippen LogP contribution is -3.00. The zero-order valence-electron chi connectivity index (χ0n) is 14.1. The first-order valence-corrected chi connectivity index (χ1v) is 7.07. The molecule has 0 amide bonds. The second-order valence-electron chi connectivity index (χ2n) is 5.91. The number of halogens is 1. The zero-order valence-corrected chi connectivity index (χ0v) is 14.8. The summed E-state index contributed by atoms with van der Waals surface area (Å²) < 4.78 is 0.845. The first kappa shape index (κ1) is 24.0. The van der Waals surface area contributed by atoms with Crippen LogP contribution in [0.15, 0.2) is 12.2 Å². The van der Waals surface area contributed by atoms with Gasteiger partial charge in [-0.1, -0.05) is 32.3 Å². The fraction of sp³-hybridized carbons (Fsp3) is 0.867. The molecule has 0 saturated carbocycles. The molecule has 0 bridgehead atoms. The number of unbranched alkanes of at least 4 members (excludes halogenated alkanes) is 2. The van der Waals surface area contributed by atoms with Gasteiger partial charge in [0.25, 0.3) is 0 Å². The Labute approximate surface area is 127 Å². The fourth-order valence-corrected chi connectivity index (χ4v) is 1.39. The summed E-state index contributed by atoms with van der Waals surface area (Å²) in [5.74, 6) is 0. The first-order valence-electron chi connectivity index (χ1n) is 7.07. The smallest absolute Gasteiger partial charge is 0.210 e. The van der Waals surface area contributed by atoms with Crippen molar-refractivity contribution in [2.45, 2.75) is 59.6 Å². The van der Waals surface area contributed by atoms with E-state index in [1.807, 2.05) is 13.8 Å². The van der Waals surface area contributed by atoms with E-state index in [9.17, 15) is 0 Å². The van der Waals surface area contributed by atoms with Crippen LogP contribution in [0.2, 0.25) is 0 Å². The van der Waals surface area contributed by atoms with E-state index in [4.69, 9.17) is 4.84 Å². The van der Waals surface area contributed by atoms with Crippen LogP contribution in [0.4, 0.5) is 0 Å². The molecule has 118 valence electrons. The maximum Gasteiger partial charge on any atom is 0.210 e. The maximum atomic E-state index is 5.62. The lowest BCUT2D eigenvalue weighted by molar-refractivity contribution is -0.922. The Morgan fingerprint density at radius 3 is 1.95 bits per heavy atom. The summed E-state index contributed by atoms with van der Waals surface area (Å²) in [7, 11) is 6.46. The van der Waals surface area contributed by atoms with Gasteiger partial charge in [0.2, 0.25) is 6.23 Å². The third-order valence-electron chi connectivity index (χ3n) is 2.31. The second kappa shape index (κ2) is 14.3. The SMILES string of the molecule is C=C(C)C.CCCCCNOC(CC)[N+](C)(C)C.[Cl-]. The minimum atomic E-state index is 0. The lowest BCUT2D eigenvalue weighted by Gasteiger charge is -2.32. The number of nitrogens with one attached hydrogen (secondary N) is 1. The molecule has 0 heterocycles. The third kappa shape index (κ3) is 20.4. The van der Waals surface area contributed by atoms with Crippen LogP contribution in [-0.4, -0.2) is 38.4 Å². The number of hydrogen-bond acceptors (Lipinski definition) is 2. The molecular weight excluding hydrogens is 260 g/mol. The Kier molecular flexibility index (Phi) is 18.1. The van der Waals surface area contributed by atoms with E-state index < -0.39 is 0 Å². The van der Waals surface area contributed by atoms with Crippen LogP contribution in [0, 0.1) is 0 Å². The number of allylic oxidation sites excluding steroid dienone is 1. The Morgan fingerprint density at radius 2 is 1.63 bits per heavy atom. The van der Waals surface area contributed by atoms with E-state index in [0.717, 1.165) is 17.4 Å². The monoisotopic (exact) mass is 294 g/mol. The molecule has 4 heteroatoms. The van der Waals surface area contributed by atoms with Crippen molar-refractivity contribution in [3.63, 3.8) is 0 Å². The molecule has 3 nitrogen and oxygen atoms in total. The van der Waals surface area contributed by atoms with E-state index in [-0.39, 0.29) is 18.6 Å². The van der Waals surface area contributed by atoms with Crippen LogP contribution in [0.3, 0.4) is 0 Å². The summed E-state index contributed by atoms with van der Waals surface area (Å²) in [6, 6.07) is 0. The van der Waals surface area contributed by atoms with Gasteiger partial charge in [0, 0.05) is 13.0 Å². The molecule has 0 spiro atoms. The Morgan fingerprint density at radius 1 is 1.16 bits per heavy atom. The molecule has 0 rings (SSSR count). The summed E-state index contributed by atoms with van der Waals surface area (Å²) in [6.45, 7) is 12.8. The van der Waals surface area contributed by atoms with Gasteiger partial charge in [-0.05, 0) is 20.3 Å². The number of rotatable bonds is 8. The van der Waals surface area contributed by atoms with Crippen molar-refractivity contribution in [3.05, 3.63) is 12.2 Å². The van der Waals surface area contributed by atoms with E-state index >= 15 is 0 Å². The fourth-order valence-electron chi connectivity index (χ4n) is 1.39. The highest BCUT2D eigenvalue weighted by molar-refractivity contribution is 4.78. The molecule has 0 aromatic heterocycles. The summed E-state index contributed by atoms with van der Waals surface area (Å²) >= 11 is 0. The zero-order chi connectivity index (χ0) is 14.6. The van der Waals surface area contributed by atoms with Crippen LogP contribution in [-0.2, 0) is 4.84 Å². The van der Waals surface area contributed by atoms with E-state index in [0.29, 0.717) is 0 Å². The van der Waals surface area contributed by atoms with Gasteiger partial charge < -0.3 is 16.9 Å². The number of hydroxylamine groups is 1. The average Bonchev–Trinajstić information content (AvgIpc) is 2.20. The van der Waals surface area contributed by atoms with Crippen LogP contribution in [0.1, 0.15) is 53.4 Å². The van der Waals surface area contributed by atoms with Crippen LogP contribution < -0.4 is 17.9 Å².